The molecular formula is C31H32N8O. The summed E-state index contributed by atoms with van der Waals surface area (Å²) >= 11 is 0. The molecule has 0 amide bonds. The number of nitrogens with zero attached hydrogens (tertiary/aromatic N) is 7. The summed E-state index contributed by atoms with van der Waals surface area (Å²) in [5.41, 5.74) is 11.8. The van der Waals surface area contributed by atoms with Crippen LogP contribution in [0.5, 0.6) is 5.75 Å². The van der Waals surface area contributed by atoms with Gasteiger partial charge in [0.15, 0.2) is 5.82 Å². The fraction of sp³-hybridized carbons (Fsp3) is 0.323. The molecule has 202 valence electrons. The minimum atomic E-state index is 0.181. The summed E-state index contributed by atoms with van der Waals surface area (Å²) in [6.07, 6.45) is 6.26. The molecule has 0 saturated carbocycles. The average Bonchev–Trinajstić information content (AvgIpc) is 3.55. The zero-order valence-corrected chi connectivity index (χ0v) is 22.3. The number of phenolic OH excluding ortho intramolecular Hbond substituents is 1. The molecule has 9 nitrogen and oxygen atoms in total. The Kier molecular flexibility index (Phi) is 6.25. The number of pyridine rings is 1. The number of para-hydroxylation sites is 1. The molecule has 0 aliphatic carbocycles. The van der Waals surface area contributed by atoms with Crippen LogP contribution < -0.4 is 15.5 Å². The third-order valence-electron chi connectivity index (χ3n) is 8.33. The Bertz CT molecular complexity index is 1590. The van der Waals surface area contributed by atoms with E-state index >= 15 is 0 Å². The number of piperazine rings is 1. The zero-order valence-electron chi connectivity index (χ0n) is 22.3. The lowest BCUT2D eigenvalue weighted by Crippen LogP contribution is -2.54. The molecule has 3 aliphatic heterocycles. The van der Waals surface area contributed by atoms with Crippen LogP contribution >= 0.6 is 0 Å². The van der Waals surface area contributed by atoms with Crippen LogP contribution in [0.25, 0.3) is 11.3 Å². The summed E-state index contributed by atoms with van der Waals surface area (Å²) in [6.45, 7) is 5.39. The lowest BCUT2D eigenvalue weighted by atomic mass is 10.1. The van der Waals surface area contributed by atoms with E-state index in [1.807, 2.05) is 24.4 Å². The minimum absolute atomic E-state index is 0.181. The lowest BCUT2D eigenvalue weighted by molar-refractivity contribution is 0.247. The summed E-state index contributed by atoms with van der Waals surface area (Å²) < 4.78 is 2.32. The third-order valence-corrected chi connectivity index (χ3v) is 8.33. The van der Waals surface area contributed by atoms with Gasteiger partial charge in [-0.3, -0.25) is 4.90 Å². The first-order valence-corrected chi connectivity index (χ1v) is 13.9. The molecular weight excluding hydrogens is 500 g/mol. The van der Waals surface area contributed by atoms with Gasteiger partial charge in [0.1, 0.15) is 11.4 Å². The maximum Gasteiger partial charge on any atom is 0.169 e. The highest BCUT2D eigenvalue weighted by molar-refractivity contribution is 5.74. The maximum atomic E-state index is 10.3. The second kappa shape index (κ2) is 10.2. The smallest absolute Gasteiger partial charge is 0.169 e. The van der Waals surface area contributed by atoms with Crippen molar-refractivity contribution in [1.29, 1.82) is 0 Å². The molecule has 4 aromatic rings. The molecule has 40 heavy (non-hydrogen) atoms. The van der Waals surface area contributed by atoms with Crippen molar-refractivity contribution in [2.75, 3.05) is 41.7 Å². The van der Waals surface area contributed by atoms with E-state index < -0.39 is 0 Å². The Morgan fingerprint density at radius 2 is 1.82 bits per heavy atom. The molecule has 3 aliphatic rings. The van der Waals surface area contributed by atoms with Crippen molar-refractivity contribution in [2.24, 2.45) is 0 Å². The summed E-state index contributed by atoms with van der Waals surface area (Å²) in [4.78, 5) is 11.8. The van der Waals surface area contributed by atoms with Gasteiger partial charge in [-0.2, -0.15) is 0 Å². The summed E-state index contributed by atoms with van der Waals surface area (Å²) in [7, 11) is 0. The molecule has 2 bridgehead atoms. The molecule has 2 saturated heterocycles. The van der Waals surface area contributed by atoms with Crippen molar-refractivity contribution in [3.63, 3.8) is 0 Å². The number of benzene rings is 1. The van der Waals surface area contributed by atoms with Gasteiger partial charge in [-0.15, -0.1) is 10.2 Å². The number of hydrogen-bond donors (Lipinski definition) is 2. The van der Waals surface area contributed by atoms with Crippen molar-refractivity contribution in [3.05, 3.63) is 78.4 Å². The van der Waals surface area contributed by atoms with Gasteiger partial charge < -0.3 is 25.2 Å². The van der Waals surface area contributed by atoms with Gasteiger partial charge in [-0.05, 0) is 61.2 Å². The Morgan fingerprint density at radius 1 is 0.975 bits per heavy atom. The van der Waals surface area contributed by atoms with Gasteiger partial charge in [0.2, 0.25) is 0 Å². The van der Waals surface area contributed by atoms with Crippen LogP contribution in [-0.4, -0.2) is 68.0 Å². The quantitative estimate of drug-likeness (QED) is 0.386. The standard InChI is InChI=1S/C31H32N8O/c32-31-29(18-28(34-35-31)27-7-1-2-8-30(27)40)38-20-25-9-10-26(21-38)39(25)23-11-12-33-22(17-23)5-3-13-36-15-16-37-14-4-6-24(37)19-36/h1-2,4,6-8,11-12,14,17-18,25-26,40H,9-10,13,15-16,19-21H2,(H2,32,35). The van der Waals surface area contributed by atoms with E-state index in [-0.39, 0.29) is 5.75 Å². The second-order valence-electron chi connectivity index (χ2n) is 10.8. The fourth-order valence-electron chi connectivity index (χ4n) is 6.38. The molecule has 2 atom stereocenters. The predicted octanol–water partition coefficient (Wildman–Crippen LogP) is 3.35. The van der Waals surface area contributed by atoms with E-state index in [1.54, 1.807) is 12.1 Å². The van der Waals surface area contributed by atoms with Crippen molar-refractivity contribution in [2.45, 2.75) is 38.0 Å². The summed E-state index contributed by atoms with van der Waals surface area (Å²) in [6, 6.07) is 18.4. The topological polar surface area (TPSA) is 99.6 Å². The molecule has 1 aromatic carbocycles. The monoisotopic (exact) mass is 532 g/mol. The van der Waals surface area contributed by atoms with Crippen molar-refractivity contribution in [1.82, 2.24) is 24.6 Å². The fourth-order valence-corrected chi connectivity index (χ4v) is 6.38. The SMILES string of the molecule is Nc1nnc(-c2ccccc2O)cc1N1CC2CCC(C1)N2c1ccnc(C#CCN2CCn3cccc3C2)c1. The van der Waals surface area contributed by atoms with Gasteiger partial charge in [0.05, 0.1) is 17.9 Å². The van der Waals surface area contributed by atoms with Gasteiger partial charge >= 0.3 is 0 Å². The highest BCUT2D eigenvalue weighted by Gasteiger charge is 2.40. The number of hydrogen-bond acceptors (Lipinski definition) is 8. The van der Waals surface area contributed by atoms with Gasteiger partial charge in [-0.25, -0.2) is 4.98 Å². The first-order valence-electron chi connectivity index (χ1n) is 13.9. The Balaban J connectivity index is 1.06. The first kappa shape index (κ1) is 24.5. The minimum Gasteiger partial charge on any atom is -0.507 e. The van der Waals surface area contributed by atoms with Crippen LogP contribution in [0.15, 0.2) is 67.0 Å². The number of phenols is 1. The molecule has 9 heteroatoms. The van der Waals surface area contributed by atoms with Gasteiger partial charge in [-0.1, -0.05) is 18.1 Å². The van der Waals surface area contributed by atoms with E-state index in [0.717, 1.165) is 63.5 Å². The number of anilines is 3. The molecule has 2 fully saturated rings. The van der Waals surface area contributed by atoms with Crippen LogP contribution in [0.4, 0.5) is 17.2 Å². The van der Waals surface area contributed by atoms with E-state index in [0.29, 0.717) is 29.2 Å². The highest BCUT2D eigenvalue weighted by atomic mass is 16.3. The van der Waals surface area contributed by atoms with Crippen molar-refractivity contribution >= 4 is 17.2 Å². The molecule has 6 heterocycles. The number of fused-ring (bicyclic) bond motifs is 3. The number of aromatic hydroxyl groups is 1. The van der Waals surface area contributed by atoms with E-state index in [4.69, 9.17) is 5.73 Å². The zero-order chi connectivity index (χ0) is 27.1. The molecule has 3 N–H and O–H groups in total. The van der Waals surface area contributed by atoms with Crippen LogP contribution in [0.2, 0.25) is 0 Å². The Labute approximate surface area is 233 Å². The number of aromatic nitrogens is 4. The molecule has 0 radical (unpaired) electrons. The van der Waals surface area contributed by atoms with Crippen molar-refractivity contribution in [3.8, 4) is 28.8 Å². The molecule has 0 spiro atoms. The third kappa shape index (κ3) is 4.61. The Morgan fingerprint density at radius 3 is 2.67 bits per heavy atom. The van der Waals surface area contributed by atoms with E-state index in [9.17, 15) is 5.11 Å². The first-order chi connectivity index (χ1) is 19.6. The Hall–Kier alpha value is -4.55. The highest BCUT2D eigenvalue weighted by Crippen LogP contribution is 2.39. The largest absolute Gasteiger partial charge is 0.507 e. The maximum absolute atomic E-state index is 10.3. The predicted molar refractivity (Wildman–Crippen MR) is 156 cm³/mol. The number of nitrogens with two attached hydrogens (primary N) is 1. The number of nitrogen functional groups attached to an aromatic ring is 1. The van der Waals surface area contributed by atoms with Crippen LogP contribution in [-0.2, 0) is 13.1 Å². The average molecular weight is 533 g/mol. The van der Waals surface area contributed by atoms with Crippen LogP contribution in [0.1, 0.15) is 24.2 Å². The van der Waals surface area contributed by atoms with E-state index in [1.165, 1.54) is 11.4 Å². The molecule has 3 aromatic heterocycles. The molecule has 7 rings (SSSR count). The second-order valence-corrected chi connectivity index (χ2v) is 10.8. The van der Waals surface area contributed by atoms with Gasteiger partial charge in [0, 0.05) is 74.1 Å². The van der Waals surface area contributed by atoms with Crippen LogP contribution in [0.3, 0.4) is 0 Å². The summed E-state index contributed by atoms with van der Waals surface area (Å²) in [5.74, 6) is 7.25. The lowest BCUT2D eigenvalue weighted by Gasteiger charge is -2.43. The van der Waals surface area contributed by atoms with E-state index in [2.05, 4.69) is 76.8 Å². The normalized spacial score (nSPS) is 20.2. The number of rotatable bonds is 4. The summed E-state index contributed by atoms with van der Waals surface area (Å²) in [5, 5.41) is 18.8. The van der Waals surface area contributed by atoms with Crippen LogP contribution in [0, 0.1) is 11.8 Å². The molecule has 2 unspecified atom stereocenters. The van der Waals surface area contributed by atoms with Gasteiger partial charge in [0.25, 0.3) is 0 Å². The van der Waals surface area contributed by atoms with Crippen molar-refractivity contribution < 1.29 is 5.11 Å².